The van der Waals surface area contributed by atoms with E-state index in [0.29, 0.717) is 12.2 Å². The van der Waals surface area contributed by atoms with E-state index in [-0.39, 0.29) is 5.97 Å². The van der Waals surface area contributed by atoms with Crippen molar-refractivity contribution in [3.63, 3.8) is 0 Å². The first-order valence-electron chi connectivity index (χ1n) is 14.8. The fourth-order valence-corrected chi connectivity index (χ4v) is 4.57. The molecular formula is C30H58O3. The molecule has 0 aromatic carbocycles. The number of hydrogen-bond donors (Lipinski definition) is 0. The van der Waals surface area contributed by atoms with Crippen LogP contribution in [-0.4, -0.2) is 18.9 Å². The molecule has 0 radical (unpaired) electrons. The minimum Gasteiger partial charge on any atom is -0.469 e. The maximum Gasteiger partial charge on any atom is 0.305 e. The molecule has 0 saturated heterocycles. The highest BCUT2D eigenvalue weighted by Gasteiger charge is 2.02. The Labute approximate surface area is 207 Å². The van der Waals surface area contributed by atoms with Gasteiger partial charge < -0.3 is 4.74 Å². The SMILES string of the molecule is CCCCCCCCCCCCCCCC(=O)CCCCCCCCCCCCC(=O)OC. The van der Waals surface area contributed by atoms with Gasteiger partial charge in [0.15, 0.2) is 0 Å². The van der Waals surface area contributed by atoms with E-state index >= 15 is 0 Å². The van der Waals surface area contributed by atoms with Crippen molar-refractivity contribution in [3.8, 4) is 0 Å². The monoisotopic (exact) mass is 466 g/mol. The number of unbranched alkanes of at least 4 members (excludes halogenated alkanes) is 21. The van der Waals surface area contributed by atoms with Crippen LogP contribution in [0.3, 0.4) is 0 Å². The molecular weight excluding hydrogens is 408 g/mol. The van der Waals surface area contributed by atoms with Gasteiger partial charge in [-0.2, -0.15) is 0 Å². The van der Waals surface area contributed by atoms with Crippen LogP contribution in [0.15, 0.2) is 0 Å². The zero-order chi connectivity index (χ0) is 24.2. The smallest absolute Gasteiger partial charge is 0.305 e. The van der Waals surface area contributed by atoms with Crippen LogP contribution >= 0.6 is 0 Å². The summed E-state index contributed by atoms with van der Waals surface area (Å²) in [6.45, 7) is 2.28. The summed E-state index contributed by atoms with van der Waals surface area (Å²) in [7, 11) is 1.46. The lowest BCUT2D eigenvalue weighted by Crippen LogP contribution is -1.99. The second-order valence-electron chi connectivity index (χ2n) is 10.1. The third-order valence-electron chi connectivity index (χ3n) is 6.87. The van der Waals surface area contributed by atoms with E-state index in [4.69, 9.17) is 0 Å². The van der Waals surface area contributed by atoms with E-state index in [0.717, 1.165) is 38.5 Å². The maximum atomic E-state index is 12.0. The van der Waals surface area contributed by atoms with Gasteiger partial charge in [-0.1, -0.05) is 135 Å². The molecule has 0 bridgehead atoms. The molecule has 3 heteroatoms. The summed E-state index contributed by atoms with van der Waals surface area (Å²) in [5.74, 6) is 0.405. The number of ketones is 1. The Balaban J connectivity index is 3.17. The topological polar surface area (TPSA) is 43.4 Å². The van der Waals surface area contributed by atoms with E-state index in [2.05, 4.69) is 11.7 Å². The molecule has 0 fully saturated rings. The quantitative estimate of drug-likeness (QED) is 0.0893. The van der Waals surface area contributed by atoms with E-state index in [1.165, 1.54) is 129 Å². The average molecular weight is 467 g/mol. The van der Waals surface area contributed by atoms with Crippen LogP contribution in [0.4, 0.5) is 0 Å². The van der Waals surface area contributed by atoms with Crippen molar-refractivity contribution >= 4 is 11.8 Å². The Morgan fingerprint density at radius 2 is 0.697 bits per heavy atom. The number of carbonyl (C=O) groups excluding carboxylic acids is 2. The third-order valence-corrected chi connectivity index (χ3v) is 6.87. The van der Waals surface area contributed by atoms with Gasteiger partial charge in [-0.3, -0.25) is 9.59 Å². The van der Waals surface area contributed by atoms with Crippen LogP contribution in [0.1, 0.15) is 174 Å². The fourth-order valence-electron chi connectivity index (χ4n) is 4.57. The molecule has 0 aliphatic heterocycles. The molecule has 0 aromatic heterocycles. The molecule has 3 nitrogen and oxygen atoms in total. The molecule has 0 rings (SSSR count). The number of Topliss-reactive ketones (excluding diaryl/α,β-unsaturated/α-hetero) is 1. The van der Waals surface area contributed by atoms with Crippen LogP contribution in [0, 0.1) is 0 Å². The van der Waals surface area contributed by atoms with Gasteiger partial charge in [0.25, 0.3) is 0 Å². The highest BCUT2D eigenvalue weighted by atomic mass is 16.5. The van der Waals surface area contributed by atoms with Crippen molar-refractivity contribution in [1.82, 2.24) is 0 Å². The van der Waals surface area contributed by atoms with Crippen molar-refractivity contribution in [2.45, 2.75) is 174 Å². The van der Waals surface area contributed by atoms with E-state index in [1.807, 2.05) is 0 Å². The summed E-state index contributed by atoms with van der Waals surface area (Å²) in [4.78, 5) is 23.1. The lowest BCUT2D eigenvalue weighted by Gasteiger charge is -2.04. The van der Waals surface area contributed by atoms with Crippen molar-refractivity contribution in [3.05, 3.63) is 0 Å². The molecule has 0 aromatic rings. The highest BCUT2D eigenvalue weighted by Crippen LogP contribution is 2.15. The standard InChI is InChI=1S/C30H58O3/c1-3-4-5-6-7-8-9-10-11-14-17-20-23-26-29(31)27-24-21-18-15-12-13-16-19-22-25-28-30(32)33-2/h3-28H2,1-2H3. The summed E-state index contributed by atoms with van der Waals surface area (Å²) < 4.78 is 4.65. The first-order valence-corrected chi connectivity index (χ1v) is 14.8. The van der Waals surface area contributed by atoms with Gasteiger partial charge in [-0.25, -0.2) is 0 Å². The maximum absolute atomic E-state index is 12.0. The lowest BCUT2D eigenvalue weighted by molar-refractivity contribution is -0.140. The molecule has 0 aliphatic rings. The van der Waals surface area contributed by atoms with Crippen LogP contribution < -0.4 is 0 Å². The first-order chi connectivity index (χ1) is 16.2. The highest BCUT2D eigenvalue weighted by molar-refractivity contribution is 5.78. The van der Waals surface area contributed by atoms with Gasteiger partial charge in [0.2, 0.25) is 0 Å². The summed E-state index contributed by atoms with van der Waals surface area (Å²) in [6.07, 6.45) is 32.0. The van der Waals surface area contributed by atoms with Crippen LogP contribution in [0.2, 0.25) is 0 Å². The van der Waals surface area contributed by atoms with Gasteiger partial charge in [0, 0.05) is 19.3 Å². The van der Waals surface area contributed by atoms with E-state index < -0.39 is 0 Å². The normalized spacial score (nSPS) is 11.1. The Morgan fingerprint density at radius 3 is 1.00 bits per heavy atom. The largest absolute Gasteiger partial charge is 0.469 e. The second-order valence-corrected chi connectivity index (χ2v) is 10.1. The average Bonchev–Trinajstić information content (AvgIpc) is 2.82. The molecule has 0 saturated carbocycles. The van der Waals surface area contributed by atoms with Crippen LogP contribution in [-0.2, 0) is 14.3 Å². The fraction of sp³-hybridized carbons (Fsp3) is 0.933. The van der Waals surface area contributed by atoms with Crippen molar-refractivity contribution in [1.29, 1.82) is 0 Å². The molecule has 0 atom stereocenters. The Morgan fingerprint density at radius 1 is 0.424 bits per heavy atom. The minimum atomic E-state index is -0.0853. The first kappa shape index (κ1) is 32.1. The minimum absolute atomic E-state index is 0.0853. The zero-order valence-corrected chi connectivity index (χ0v) is 22.6. The van der Waals surface area contributed by atoms with E-state index in [1.54, 1.807) is 0 Å². The number of carbonyl (C=O) groups is 2. The number of hydrogen-bond acceptors (Lipinski definition) is 3. The molecule has 33 heavy (non-hydrogen) atoms. The third kappa shape index (κ3) is 27.3. The van der Waals surface area contributed by atoms with Gasteiger partial charge in [0.1, 0.15) is 5.78 Å². The summed E-state index contributed by atoms with van der Waals surface area (Å²) in [5, 5.41) is 0. The van der Waals surface area contributed by atoms with Gasteiger partial charge >= 0.3 is 5.97 Å². The molecule has 0 aliphatic carbocycles. The van der Waals surface area contributed by atoms with Crippen LogP contribution in [0.25, 0.3) is 0 Å². The molecule has 0 spiro atoms. The number of rotatable bonds is 27. The number of esters is 1. The Bertz CT molecular complexity index is 419. The molecule has 196 valence electrons. The lowest BCUT2D eigenvalue weighted by atomic mass is 10.0. The number of ether oxygens (including phenoxy) is 1. The predicted octanol–water partition coefficient (Wildman–Crippen LogP) is 9.89. The van der Waals surface area contributed by atoms with Gasteiger partial charge in [-0.15, -0.1) is 0 Å². The zero-order valence-electron chi connectivity index (χ0n) is 22.6. The summed E-state index contributed by atoms with van der Waals surface area (Å²) in [5.41, 5.74) is 0. The number of methoxy groups -OCH3 is 1. The van der Waals surface area contributed by atoms with Crippen LogP contribution in [0.5, 0.6) is 0 Å². The Hall–Kier alpha value is -0.860. The summed E-state index contributed by atoms with van der Waals surface area (Å²) in [6, 6.07) is 0. The van der Waals surface area contributed by atoms with Gasteiger partial charge in [0.05, 0.1) is 7.11 Å². The second kappa shape index (κ2) is 27.4. The molecule has 0 unspecified atom stereocenters. The van der Waals surface area contributed by atoms with Crippen molar-refractivity contribution in [2.75, 3.05) is 7.11 Å². The van der Waals surface area contributed by atoms with E-state index in [9.17, 15) is 9.59 Å². The van der Waals surface area contributed by atoms with Gasteiger partial charge in [-0.05, 0) is 19.3 Å². The predicted molar refractivity (Wildman–Crippen MR) is 143 cm³/mol. The summed E-state index contributed by atoms with van der Waals surface area (Å²) >= 11 is 0. The molecule has 0 N–H and O–H groups in total. The van der Waals surface area contributed by atoms with Crippen molar-refractivity contribution < 1.29 is 14.3 Å². The Kier molecular flexibility index (Phi) is 26.7. The molecule has 0 amide bonds. The van der Waals surface area contributed by atoms with Crippen molar-refractivity contribution in [2.24, 2.45) is 0 Å². The molecule has 0 heterocycles.